The molecule has 0 spiro atoms. The first-order chi connectivity index (χ1) is 13.9. The molecule has 0 atom stereocenters. The largest absolute Gasteiger partial charge is 0.493 e. The Morgan fingerprint density at radius 3 is 2.55 bits per heavy atom. The van der Waals surface area contributed by atoms with Gasteiger partial charge in [0.2, 0.25) is 15.9 Å². The highest BCUT2D eigenvalue weighted by Gasteiger charge is 2.18. The van der Waals surface area contributed by atoms with E-state index in [1.807, 2.05) is 12.1 Å². The molecule has 0 aromatic heterocycles. The van der Waals surface area contributed by atoms with E-state index in [9.17, 15) is 13.2 Å². The molecule has 0 aliphatic heterocycles. The summed E-state index contributed by atoms with van der Waals surface area (Å²) < 4.78 is 33.7. The van der Waals surface area contributed by atoms with Gasteiger partial charge in [-0.05, 0) is 36.1 Å². The number of anilines is 1. The Morgan fingerprint density at radius 2 is 1.79 bits per heavy atom. The number of rotatable bonds is 8. The molecule has 3 aromatic rings. The van der Waals surface area contributed by atoms with Gasteiger partial charge in [0, 0.05) is 35.6 Å². The van der Waals surface area contributed by atoms with E-state index >= 15 is 0 Å². The van der Waals surface area contributed by atoms with Crippen LogP contribution in [-0.2, 0) is 14.8 Å². The molecule has 0 saturated carbocycles. The van der Waals surface area contributed by atoms with E-state index in [-0.39, 0.29) is 17.3 Å². The first-order valence-electron chi connectivity index (χ1n) is 9.04. The monoisotopic (exact) mass is 432 g/mol. The van der Waals surface area contributed by atoms with Crippen molar-refractivity contribution in [3.8, 4) is 5.75 Å². The molecule has 3 rings (SSSR count). The van der Waals surface area contributed by atoms with E-state index in [2.05, 4.69) is 10.0 Å². The Bertz CT molecular complexity index is 1130. The number of halogens is 1. The van der Waals surface area contributed by atoms with Gasteiger partial charge in [0.15, 0.2) is 0 Å². The second-order valence-corrected chi connectivity index (χ2v) is 8.55. The summed E-state index contributed by atoms with van der Waals surface area (Å²) in [7, 11) is -3.71. The highest BCUT2D eigenvalue weighted by molar-refractivity contribution is 7.89. The van der Waals surface area contributed by atoms with Crippen LogP contribution in [0.15, 0.2) is 65.6 Å². The molecule has 6 nitrogen and oxygen atoms in total. The molecule has 0 aliphatic rings. The maximum Gasteiger partial charge on any atom is 0.241 e. The number of fused-ring (bicyclic) bond motifs is 1. The molecule has 0 aliphatic carbocycles. The highest BCUT2D eigenvalue weighted by atomic mass is 35.5. The van der Waals surface area contributed by atoms with Crippen LogP contribution < -0.4 is 14.8 Å². The predicted molar refractivity (Wildman–Crippen MR) is 115 cm³/mol. The van der Waals surface area contributed by atoms with E-state index in [4.69, 9.17) is 16.3 Å². The molecule has 2 N–H and O–H groups in total. The van der Waals surface area contributed by atoms with Crippen molar-refractivity contribution in [1.29, 1.82) is 0 Å². The van der Waals surface area contributed by atoms with Gasteiger partial charge in [-0.15, -0.1) is 0 Å². The summed E-state index contributed by atoms with van der Waals surface area (Å²) in [6.45, 7) is 1.97. The Balaban J connectivity index is 1.58. The minimum Gasteiger partial charge on any atom is -0.493 e. The molecule has 0 bridgehead atoms. The molecule has 152 valence electrons. The molecule has 1 amide bonds. The van der Waals surface area contributed by atoms with Crippen LogP contribution in [0.5, 0.6) is 5.75 Å². The van der Waals surface area contributed by atoms with Crippen molar-refractivity contribution >= 4 is 44.0 Å². The fourth-order valence-electron chi connectivity index (χ4n) is 2.90. The zero-order valence-corrected chi connectivity index (χ0v) is 17.4. The lowest BCUT2D eigenvalue weighted by molar-refractivity contribution is -0.114. The normalized spacial score (nSPS) is 11.4. The topological polar surface area (TPSA) is 84.5 Å². The Labute approximate surface area is 174 Å². The third-order valence-electron chi connectivity index (χ3n) is 4.14. The molecule has 0 radical (unpaired) electrons. The minimum atomic E-state index is -3.71. The first-order valence-corrected chi connectivity index (χ1v) is 10.9. The zero-order valence-electron chi connectivity index (χ0n) is 15.8. The van der Waals surface area contributed by atoms with Gasteiger partial charge in [-0.3, -0.25) is 4.79 Å². The minimum absolute atomic E-state index is 0.157. The van der Waals surface area contributed by atoms with Crippen LogP contribution in [0, 0.1) is 0 Å². The van der Waals surface area contributed by atoms with Gasteiger partial charge < -0.3 is 10.1 Å². The van der Waals surface area contributed by atoms with Crippen molar-refractivity contribution in [2.75, 3.05) is 18.5 Å². The van der Waals surface area contributed by atoms with Crippen LogP contribution in [0.4, 0.5) is 5.69 Å². The van der Waals surface area contributed by atoms with E-state index in [1.165, 1.54) is 6.92 Å². The van der Waals surface area contributed by atoms with E-state index in [1.54, 1.807) is 48.5 Å². The number of sulfonamides is 1. The zero-order chi connectivity index (χ0) is 20.9. The predicted octanol–water partition coefficient (Wildman–Crippen LogP) is 4.20. The number of nitrogens with one attached hydrogen (secondary N) is 2. The molecule has 8 heteroatoms. The third-order valence-corrected chi connectivity index (χ3v) is 5.96. The van der Waals surface area contributed by atoms with Crippen LogP contribution in [0.25, 0.3) is 10.8 Å². The Morgan fingerprint density at radius 1 is 1.07 bits per heavy atom. The highest BCUT2D eigenvalue weighted by Crippen LogP contribution is 2.29. The number of ether oxygens (including phenoxy) is 1. The average Bonchev–Trinajstić information content (AvgIpc) is 2.67. The van der Waals surface area contributed by atoms with Crippen LogP contribution >= 0.6 is 11.6 Å². The van der Waals surface area contributed by atoms with Crippen LogP contribution in [0.3, 0.4) is 0 Å². The van der Waals surface area contributed by atoms with Gasteiger partial charge >= 0.3 is 0 Å². The second-order valence-electron chi connectivity index (χ2n) is 6.40. The maximum absolute atomic E-state index is 12.7. The number of carbonyl (C=O) groups is 1. The number of benzene rings is 3. The Hall–Kier alpha value is -2.61. The van der Waals surface area contributed by atoms with Crippen LogP contribution in [0.1, 0.15) is 13.3 Å². The third kappa shape index (κ3) is 5.47. The van der Waals surface area contributed by atoms with Gasteiger partial charge in [0.05, 0.1) is 11.5 Å². The molecule has 0 heterocycles. The van der Waals surface area contributed by atoms with Crippen molar-refractivity contribution in [1.82, 2.24) is 4.72 Å². The second kappa shape index (κ2) is 9.26. The van der Waals surface area contributed by atoms with Crippen LogP contribution in [-0.4, -0.2) is 27.5 Å². The molecular formula is C21H21ClN2O4S. The summed E-state index contributed by atoms with van der Waals surface area (Å²) in [4.78, 5) is 11.3. The van der Waals surface area contributed by atoms with Crippen molar-refractivity contribution in [3.05, 3.63) is 65.7 Å². The van der Waals surface area contributed by atoms with E-state index in [0.717, 1.165) is 5.39 Å². The van der Waals surface area contributed by atoms with Gasteiger partial charge in [-0.25, -0.2) is 13.1 Å². The van der Waals surface area contributed by atoms with Gasteiger partial charge in [0.1, 0.15) is 5.75 Å². The lowest BCUT2D eigenvalue weighted by Gasteiger charge is -2.11. The SMILES string of the molecule is CC(=O)Nc1cccc(OCCCNS(=O)(=O)c2cccc3cccc(Cl)c23)c1. The molecular weight excluding hydrogens is 412 g/mol. The quantitative estimate of drug-likeness (QED) is 0.522. The lowest BCUT2D eigenvalue weighted by Crippen LogP contribution is -2.26. The number of hydrogen-bond acceptors (Lipinski definition) is 4. The first kappa shape index (κ1) is 21.1. The van der Waals surface area contributed by atoms with E-state index in [0.29, 0.717) is 34.9 Å². The molecule has 3 aromatic carbocycles. The molecule has 0 unspecified atom stereocenters. The van der Waals surface area contributed by atoms with Crippen molar-refractivity contribution in [2.45, 2.75) is 18.2 Å². The van der Waals surface area contributed by atoms with Crippen molar-refractivity contribution in [3.63, 3.8) is 0 Å². The summed E-state index contributed by atoms with van der Waals surface area (Å²) in [5.74, 6) is 0.435. The van der Waals surface area contributed by atoms with E-state index < -0.39 is 10.0 Å². The smallest absolute Gasteiger partial charge is 0.241 e. The lowest BCUT2D eigenvalue weighted by atomic mass is 10.1. The standard InChI is InChI=1S/C21H21ClN2O4S/c1-15(25)24-17-8-4-9-18(14-17)28-13-5-12-23-29(26,27)20-11-3-7-16-6-2-10-19(22)21(16)20/h2-4,6-11,14,23H,5,12-13H2,1H3,(H,24,25). The van der Waals surface area contributed by atoms with Crippen molar-refractivity contribution in [2.24, 2.45) is 0 Å². The summed E-state index contributed by atoms with van der Waals surface area (Å²) in [6, 6.07) is 17.4. The van der Waals surface area contributed by atoms with Crippen molar-refractivity contribution < 1.29 is 17.9 Å². The van der Waals surface area contributed by atoms with Gasteiger partial charge in [-0.2, -0.15) is 0 Å². The van der Waals surface area contributed by atoms with Crippen LogP contribution in [0.2, 0.25) is 5.02 Å². The summed E-state index contributed by atoms with van der Waals surface area (Å²) in [5, 5.41) is 4.35. The average molecular weight is 433 g/mol. The maximum atomic E-state index is 12.7. The van der Waals surface area contributed by atoms with Gasteiger partial charge in [0.25, 0.3) is 0 Å². The fraction of sp³-hybridized carbons (Fsp3) is 0.190. The summed E-state index contributed by atoms with van der Waals surface area (Å²) >= 11 is 6.23. The number of hydrogen-bond donors (Lipinski definition) is 2. The molecule has 0 fully saturated rings. The molecule has 0 saturated heterocycles. The van der Waals surface area contributed by atoms with Gasteiger partial charge in [-0.1, -0.05) is 41.9 Å². The number of carbonyl (C=O) groups excluding carboxylic acids is 1. The fourth-order valence-corrected chi connectivity index (χ4v) is 4.56. The molecule has 29 heavy (non-hydrogen) atoms. The summed E-state index contributed by atoms with van der Waals surface area (Å²) in [5.41, 5.74) is 0.642. The Kier molecular flexibility index (Phi) is 6.74. The number of amides is 1. The summed E-state index contributed by atoms with van der Waals surface area (Å²) in [6.07, 6.45) is 0.474.